The average molecular weight is 540 g/mol. The van der Waals surface area contributed by atoms with Crippen LogP contribution in [0.4, 0.5) is 4.79 Å². The number of nitrogens with zero attached hydrogens (tertiary/aromatic N) is 3. The van der Waals surface area contributed by atoms with Crippen molar-refractivity contribution in [1.29, 1.82) is 0 Å². The van der Waals surface area contributed by atoms with Crippen LogP contribution in [0.3, 0.4) is 0 Å². The first-order valence-corrected chi connectivity index (χ1v) is 10.8. The number of thiazole rings is 1. The van der Waals surface area contributed by atoms with E-state index in [1.165, 1.54) is 4.88 Å². The predicted molar refractivity (Wildman–Crippen MR) is 132 cm³/mol. The van der Waals surface area contributed by atoms with E-state index in [0.717, 1.165) is 31.2 Å². The number of alkyl carbamates (subject to hydrolysis) is 1. The van der Waals surface area contributed by atoms with Gasteiger partial charge in [0.1, 0.15) is 5.60 Å². The number of halogens is 1. The van der Waals surface area contributed by atoms with Crippen LogP contribution in [-0.4, -0.2) is 53.7 Å². The van der Waals surface area contributed by atoms with Gasteiger partial charge in [0.2, 0.25) is 0 Å². The van der Waals surface area contributed by atoms with E-state index in [1.807, 2.05) is 40.3 Å². The molecule has 168 valence electrons. The van der Waals surface area contributed by atoms with Gasteiger partial charge in [-0.1, -0.05) is 13.8 Å². The Morgan fingerprint density at radius 2 is 2.03 bits per heavy atom. The Morgan fingerprint density at radius 3 is 2.52 bits per heavy atom. The van der Waals surface area contributed by atoms with Gasteiger partial charge in [0, 0.05) is 31.1 Å². The molecule has 1 unspecified atom stereocenters. The van der Waals surface area contributed by atoms with Crippen LogP contribution < -0.4 is 10.6 Å². The molecular formula is C20H38IN5O2S. The molecule has 0 spiro atoms. The molecule has 29 heavy (non-hydrogen) atoms. The van der Waals surface area contributed by atoms with Crippen LogP contribution in [0, 0.1) is 12.8 Å². The van der Waals surface area contributed by atoms with Crippen LogP contribution in [0.5, 0.6) is 0 Å². The number of nitrogens with one attached hydrogen (secondary N) is 2. The summed E-state index contributed by atoms with van der Waals surface area (Å²) in [5.74, 6) is 1.16. The van der Waals surface area contributed by atoms with Crippen molar-refractivity contribution in [3.63, 3.8) is 0 Å². The first-order valence-electron chi connectivity index (χ1n) is 9.91. The van der Waals surface area contributed by atoms with Crippen molar-refractivity contribution in [2.75, 3.05) is 20.1 Å². The molecule has 0 fully saturated rings. The Hall–Kier alpha value is -1.10. The number of carbonyl (C=O) groups is 1. The number of aliphatic imine (C=N–C) groups is 1. The smallest absolute Gasteiger partial charge is 0.407 e. The van der Waals surface area contributed by atoms with E-state index in [1.54, 1.807) is 11.3 Å². The van der Waals surface area contributed by atoms with Gasteiger partial charge in [0.05, 0.1) is 17.7 Å². The third-order valence-electron chi connectivity index (χ3n) is 4.20. The van der Waals surface area contributed by atoms with Crippen LogP contribution in [0.15, 0.2) is 10.5 Å². The molecule has 0 aromatic carbocycles. The van der Waals surface area contributed by atoms with E-state index in [9.17, 15) is 4.79 Å². The fraction of sp³-hybridized carbons (Fsp3) is 0.750. The minimum atomic E-state index is -0.498. The molecule has 0 bridgehead atoms. The molecule has 0 saturated carbocycles. The highest BCUT2D eigenvalue weighted by Gasteiger charge is 2.22. The zero-order chi connectivity index (χ0) is 21.3. The zero-order valence-electron chi connectivity index (χ0n) is 19.0. The molecule has 0 aliphatic carbocycles. The fourth-order valence-electron chi connectivity index (χ4n) is 2.56. The minimum Gasteiger partial charge on any atom is -0.444 e. The maximum absolute atomic E-state index is 12.1. The van der Waals surface area contributed by atoms with E-state index in [2.05, 4.69) is 41.3 Å². The van der Waals surface area contributed by atoms with Crippen LogP contribution in [0.1, 0.15) is 58.5 Å². The lowest BCUT2D eigenvalue weighted by atomic mass is 10.0. The number of carbonyl (C=O) groups excluding carboxylic acids is 1. The number of aryl methyl sites for hydroxylation is 1. The second-order valence-corrected chi connectivity index (χ2v) is 9.18. The van der Waals surface area contributed by atoms with E-state index >= 15 is 0 Å². The van der Waals surface area contributed by atoms with Gasteiger partial charge in [-0.05, 0) is 47.0 Å². The summed E-state index contributed by atoms with van der Waals surface area (Å²) >= 11 is 1.63. The number of guanidine groups is 1. The monoisotopic (exact) mass is 539 g/mol. The maximum Gasteiger partial charge on any atom is 0.407 e. The number of amides is 1. The minimum absolute atomic E-state index is 0. The SMILES string of the molecule is CCNC(=NCc1scnc1C)N(C)CCC(NC(=O)OC(C)(C)C)C(C)C.I. The summed E-state index contributed by atoms with van der Waals surface area (Å²) in [6.07, 6.45) is 0.437. The molecule has 1 heterocycles. The number of hydrogen-bond donors (Lipinski definition) is 2. The summed E-state index contributed by atoms with van der Waals surface area (Å²) in [7, 11) is 2.02. The summed E-state index contributed by atoms with van der Waals surface area (Å²) in [4.78, 5) is 24.4. The van der Waals surface area contributed by atoms with Crippen LogP contribution in [-0.2, 0) is 11.3 Å². The summed E-state index contributed by atoms with van der Waals surface area (Å²) < 4.78 is 5.40. The quantitative estimate of drug-likeness (QED) is 0.291. The summed E-state index contributed by atoms with van der Waals surface area (Å²) in [6, 6.07) is 0.0314. The van der Waals surface area contributed by atoms with E-state index in [0.29, 0.717) is 12.5 Å². The Labute approximate surface area is 197 Å². The van der Waals surface area contributed by atoms with Gasteiger partial charge in [0.15, 0.2) is 5.96 Å². The van der Waals surface area contributed by atoms with Crippen LogP contribution in [0.25, 0.3) is 0 Å². The largest absolute Gasteiger partial charge is 0.444 e. The van der Waals surface area contributed by atoms with Crippen molar-refractivity contribution in [2.24, 2.45) is 10.9 Å². The van der Waals surface area contributed by atoms with Crippen LogP contribution in [0.2, 0.25) is 0 Å². The van der Waals surface area contributed by atoms with Gasteiger partial charge >= 0.3 is 6.09 Å². The second-order valence-electron chi connectivity index (χ2n) is 8.24. The van der Waals surface area contributed by atoms with Gasteiger partial charge in [-0.2, -0.15) is 0 Å². The molecule has 1 atom stereocenters. The van der Waals surface area contributed by atoms with Crippen molar-refractivity contribution in [3.8, 4) is 0 Å². The maximum atomic E-state index is 12.1. The third-order valence-corrected chi connectivity index (χ3v) is 5.12. The normalized spacial score (nSPS) is 12.9. The second kappa shape index (κ2) is 13.3. The lowest BCUT2D eigenvalue weighted by Crippen LogP contribution is -2.45. The number of ether oxygens (including phenoxy) is 1. The summed E-state index contributed by atoms with van der Waals surface area (Å²) in [6.45, 7) is 16.1. The molecular weight excluding hydrogens is 501 g/mol. The summed E-state index contributed by atoms with van der Waals surface area (Å²) in [5.41, 5.74) is 2.39. The average Bonchev–Trinajstić information content (AvgIpc) is 2.98. The molecule has 7 nitrogen and oxygen atoms in total. The Kier molecular flexibility index (Phi) is 12.7. The highest BCUT2D eigenvalue weighted by molar-refractivity contribution is 14.0. The number of hydrogen-bond acceptors (Lipinski definition) is 5. The molecule has 0 aliphatic heterocycles. The van der Waals surface area contributed by atoms with Gasteiger partial charge in [-0.3, -0.25) is 0 Å². The van der Waals surface area contributed by atoms with E-state index in [-0.39, 0.29) is 36.1 Å². The Bertz CT molecular complexity index is 643. The topological polar surface area (TPSA) is 78.9 Å². The van der Waals surface area contributed by atoms with Crippen molar-refractivity contribution < 1.29 is 9.53 Å². The predicted octanol–water partition coefficient (Wildman–Crippen LogP) is 4.41. The van der Waals surface area contributed by atoms with Crippen molar-refractivity contribution >= 4 is 47.4 Å². The molecule has 0 radical (unpaired) electrons. The lowest BCUT2D eigenvalue weighted by Gasteiger charge is -2.28. The van der Waals surface area contributed by atoms with Gasteiger partial charge in [0.25, 0.3) is 0 Å². The molecule has 1 aromatic rings. The molecule has 1 rings (SSSR count). The third kappa shape index (κ3) is 11.0. The van der Waals surface area contributed by atoms with Crippen LogP contribution >= 0.6 is 35.3 Å². The molecule has 1 amide bonds. The van der Waals surface area contributed by atoms with Gasteiger partial charge < -0.3 is 20.3 Å². The number of aromatic nitrogens is 1. The van der Waals surface area contributed by atoms with Crippen molar-refractivity contribution in [3.05, 3.63) is 16.1 Å². The number of rotatable bonds is 8. The lowest BCUT2D eigenvalue weighted by molar-refractivity contribution is 0.0486. The Morgan fingerprint density at radius 1 is 1.38 bits per heavy atom. The Balaban J connectivity index is 0.00000784. The first-order chi connectivity index (χ1) is 13.0. The molecule has 9 heteroatoms. The fourth-order valence-corrected chi connectivity index (χ4v) is 3.26. The summed E-state index contributed by atoms with van der Waals surface area (Å²) in [5, 5.41) is 6.34. The molecule has 0 saturated heterocycles. The highest BCUT2D eigenvalue weighted by atomic mass is 127. The van der Waals surface area contributed by atoms with Gasteiger partial charge in [-0.15, -0.1) is 35.3 Å². The van der Waals surface area contributed by atoms with E-state index in [4.69, 9.17) is 9.73 Å². The van der Waals surface area contributed by atoms with E-state index < -0.39 is 5.60 Å². The van der Waals surface area contributed by atoms with Crippen molar-refractivity contribution in [1.82, 2.24) is 20.5 Å². The van der Waals surface area contributed by atoms with Crippen molar-refractivity contribution in [2.45, 2.75) is 73.1 Å². The molecule has 0 aliphatic rings. The zero-order valence-corrected chi connectivity index (χ0v) is 22.2. The highest BCUT2D eigenvalue weighted by Crippen LogP contribution is 2.14. The molecule has 1 aromatic heterocycles. The standard InChI is InChI=1S/C20H37N5O2S.HI/c1-9-21-18(22-12-17-15(4)23-13-28-17)25(8)11-10-16(14(2)3)24-19(26)27-20(5,6)7;/h13-14,16H,9-12H2,1-8H3,(H,21,22)(H,24,26);1H. The molecule has 2 N–H and O–H groups in total. The van der Waals surface area contributed by atoms with Gasteiger partial charge in [-0.25, -0.2) is 14.8 Å². The first kappa shape index (κ1) is 27.9.